The van der Waals surface area contributed by atoms with Gasteiger partial charge < -0.3 is 9.63 Å². The van der Waals surface area contributed by atoms with Gasteiger partial charge in [0.1, 0.15) is 0 Å². The number of hydrogen-bond acceptors (Lipinski definition) is 4. The van der Waals surface area contributed by atoms with E-state index in [-0.39, 0.29) is 16.7 Å². The Hall–Kier alpha value is -1.91. The average molecular weight is 234 g/mol. The molecular formula is C12H14N2O3. The first kappa shape index (κ1) is 11.6. The van der Waals surface area contributed by atoms with Crippen molar-refractivity contribution in [2.24, 2.45) is 0 Å². The van der Waals surface area contributed by atoms with E-state index in [1.165, 1.54) is 6.07 Å². The van der Waals surface area contributed by atoms with Gasteiger partial charge in [0, 0.05) is 11.1 Å². The summed E-state index contributed by atoms with van der Waals surface area (Å²) in [6.45, 7) is 7.59. The lowest BCUT2D eigenvalue weighted by Crippen LogP contribution is -2.13. The van der Waals surface area contributed by atoms with Crippen molar-refractivity contribution in [1.29, 1.82) is 0 Å². The second-order valence-corrected chi connectivity index (χ2v) is 5.08. The van der Waals surface area contributed by atoms with Crippen LogP contribution < -0.4 is 0 Å². The summed E-state index contributed by atoms with van der Waals surface area (Å²) in [7, 11) is 0. The average Bonchev–Trinajstić information content (AvgIpc) is 2.58. The molecule has 2 aromatic heterocycles. The van der Waals surface area contributed by atoms with Crippen LogP contribution in [0.5, 0.6) is 0 Å². The quantitative estimate of drug-likeness (QED) is 0.820. The largest absolute Gasteiger partial charge is 0.478 e. The summed E-state index contributed by atoms with van der Waals surface area (Å²) in [5.74, 6) is -0.991. The van der Waals surface area contributed by atoms with Crippen molar-refractivity contribution < 1.29 is 14.4 Å². The maximum absolute atomic E-state index is 11.2. The van der Waals surface area contributed by atoms with Crippen LogP contribution in [0.1, 0.15) is 42.5 Å². The lowest BCUT2D eigenvalue weighted by molar-refractivity contribution is 0.0698. The molecule has 0 radical (unpaired) electrons. The Bertz CT molecular complexity index is 594. The van der Waals surface area contributed by atoms with Crippen molar-refractivity contribution in [3.63, 3.8) is 0 Å². The third-order valence-electron chi connectivity index (χ3n) is 2.52. The molecule has 0 fully saturated rings. The fourth-order valence-corrected chi connectivity index (χ4v) is 1.75. The molecule has 2 aromatic rings. The van der Waals surface area contributed by atoms with Crippen molar-refractivity contribution in [3.8, 4) is 0 Å². The Balaban J connectivity index is 2.87. The minimum Gasteiger partial charge on any atom is -0.478 e. The summed E-state index contributed by atoms with van der Waals surface area (Å²) in [4.78, 5) is 15.4. The number of aromatic carboxylic acids is 1. The van der Waals surface area contributed by atoms with Crippen molar-refractivity contribution in [2.75, 3.05) is 0 Å². The Labute approximate surface area is 98.4 Å². The zero-order valence-electron chi connectivity index (χ0n) is 10.2. The van der Waals surface area contributed by atoms with E-state index < -0.39 is 5.97 Å². The number of pyridine rings is 1. The van der Waals surface area contributed by atoms with Crippen LogP contribution >= 0.6 is 0 Å². The van der Waals surface area contributed by atoms with Crippen molar-refractivity contribution in [3.05, 3.63) is 23.0 Å². The predicted molar refractivity (Wildman–Crippen MR) is 62.2 cm³/mol. The van der Waals surface area contributed by atoms with Gasteiger partial charge in [-0.1, -0.05) is 25.9 Å². The molecule has 5 heteroatoms. The molecule has 0 aliphatic rings. The second kappa shape index (κ2) is 3.55. The van der Waals surface area contributed by atoms with Gasteiger partial charge in [-0.25, -0.2) is 9.78 Å². The predicted octanol–water partition coefficient (Wildman–Crippen LogP) is 2.53. The molecule has 1 N–H and O–H groups in total. The molecule has 0 saturated heterocycles. The number of carbonyl (C=O) groups is 1. The molecule has 0 atom stereocenters. The molecule has 5 nitrogen and oxygen atoms in total. The van der Waals surface area contributed by atoms with E-state index in [4.69, 9.17) is 4.52 Å². The molecule has 0 bridgehead atoms. The third-order valence-corrected chi connectivity index (χ3v) is 2.52. The van der Waals surface area contributed by atoms with Crippen LogP contribution in [0.2, 0.25) is 0 Å². The van der Waals surface area contributed by atoms with E-state index in [0.717, 1.165) is 0 Å². The molecule has 0 aromatic carbocycles. The number of hydrogen-bond donors (Lipinski definition) is 1. The van der Waals surface area contributed by atoms with Crippen molar-refractivity contribution >= 4 is 17.1 Å². The topological polar surface area (TPSA) is 76.2 Å². The van der Waals surface area contributed by atoms with Gasteiger partial charge in [-0.05, 0) is 13.0 Å². The summed E-state index contributed by atoms with van der Waals surface area (Å²) >= 11 is 0. The van der Waals surface area contributed by atoms with Crippen molar-refractivity contribution in [1.82, 2.24) is 10.1 Å². The molecule has 90 valence electrons. The third kappa shape index (κ3) is 1.88. The molecule has 0 unspecified atom stereocenters. The fraction of sp³-hybridized carbons (Fsp3) is 0.417. The van der Waals surface area contributed by atoms with Gasteiger partial charge in [0.25, 0.3) is 5.71 Å². The van der Waals surface area contributed by atoms with Crippen molar-refractivity contribution in [2.45, 2.75) is 33.1 Å². The molecule has 0 amide bonds. The van der Waals surface area contributed by atoms with E-state index in [9.17, 15) is 9.90 Å². The monoisotopic (exact) mass is 234 g/mol. The smallest absolute Gasteiger partial charge is 0.336 e. The van der Waals surface area contributed by atoms with Gasteiger partial charge in [-0.15, -0.1) is 0 Å². The van der Waals surface area contributed by atoms with Crippen LogP contribution in [0.3, 0.4) is 0 Å². The molecule has 2 rings (SSSR count). The zero-order chi connectivity index (χ0) is 12.8. The van der Waals surface area contributed by atoms with Crippen LogP contribution in [0.4, 0.5) is 0 Å². The molecule has 0 spiro atoms. The van der Waals surface area contributed by atoms with Gasteiger partial charge in [-0.2, -0.15) is 0 Å². The van der Waals surface area contributed by atoms with E-state index >= 15 is 0 Å². The lowest BCUT2D eigenvalue weighted by atomic mass is 9.89. The summed E-state index contributed by atoms with van der Waals surface area (Å²) < 4.78 is 5.12. The van der Waals surface area contributed by atoms with Gasteiger partial charge in [0.15, 0.2) is 0 Å². The summed E-state index contributed by atoms with van der Waals surface area (Å²) in [5.41, 5.74) is 1.42. The fourth-order valence-electron chi connectivity index (χ4n) is 1.75. The highest BCUT2D eigenvalue weighted by molar-refractivity contribution is 6.02. The number of aromatic nitrogens is 2. The molecular weight excluding hydrogens is 220 g/mol. The van der Waals surface area contributed by atoms with Crippen LogP contribution in [0.25, 0.3) is 11.1 Å². The van der Waals surface area contributed by atoms with E-state index in [2.05, 4.69) is 10.1 Å². The zero-order valence-corrected chi connectivity index (χ0v) is 10.2. The van der Waals surface area contributed by atoms with E-state index in [0.29, 0.717) is 16.8 Å². The highest BCUT2D eigenvalue weighted by Crippen LogP contribution is 2.31. The summed E-state index contributed by atoms with van der Waals surface area (Å²) in [6, 6.07) is 1.54. The number of carboxylic acids is 1. The SMILES string of the molecule is Cc1cc(C(=O)O)c2c(C(C)(C)C)noc2n1. The standard InChI is InChI=1S/C12H14N2O3/c1-6-5-7(11(15)16)8-9(12(2,3)4)14-17-10(8)13-6/h5H,1-4H3,(H,15,16). The summed E-state index contributed by atoms with van der Waals surface area (Å²) in [5, 5.41) is 13.7. The normalized spacial score (nSPS) is 12.0. The Kier molecular flexibility index (Phi) is 2.41. The first-order chi connectivity index (χ1) is 7.80. The Morgan fingerprint density at radius 3 is 2.59 bits per heavy atom. The molecule has 2 heterocycles. The lowest BCUT2D eigenvalue weighted by Gasteiger charge is -2.14. The first-order valence-electron chi connectivity index (χ1n) is 5.31. The first-order valence-corrected chi connectivity index (χ1v) is 5.31. The molecule has 17 heavy (non-hydrogen) atoms. The van der Waals surface area contributed by atoms with E-state index in [1.54, 1.807) is 6.92 Å². The molecule has 0 aliphatic carbocycles. The van der Waals surface area contributed by atoms with Gasteiger partial charge in [-0.3, -0.25) is 0 Å². The number of carboxylic acid groups (broad SMARTS) is 1. The maximum Gasteiger partial charge on any atom is 0.336 e. The van der Waals surface area contributed by atoms with Gasteiger partial charge in [0.05, 0.1) is 16.6 Å². The second-order valence-electron chi connectivity index (χ2n) is 5.08. The molecule has 0 aliphatic heterocycles. The highest BCUT2D eigenvalue weighted by atomic mass is 16.5. The minimum absolute atomic E-state index is 0.193. The Morgan fingerprint density at radius 2 is 2.06 bits per heavy atom. The van der Waals surface area contributed by atoms with Crippen LogP contribution in [-0.2, 0) is 5.41 Å². The highest BCUT2D eigenvalue weighted by Gasteiger charge is 2.26. The maximum atomic E-state index is 11.2. The van der Waals surface area contributed by atoms with Gasteiger partial charge >= 0.3 is 5.97 Å². The Morgan fingerprint density at radius 1 is 1.41 bits per heavy atom. The summed E-state index contributed by atoms with van der Waals surface area (Å²) in [6.07, 6.45) is 0. The number of fused-ring (bicyclic) bond motifs is 1. The van der Waals surface area contributed by atoms with Gasteiger partial charge in [0.2, 0.25) is 0 Å². The van der Waals surface area contributed by atoms with Crippen LogP contribution in [-0.4, -0.2) is 21.2 Å². The molecule has 0 saturated carbocycles. The van der Waals surface area contributed by atoms with Crippen LogP contribution in [0, 0.1) is 6.92 Å². The van der Waals surface area contributed by atoms with Crippen LogP contribution in [0.15, 0.2) is 10.6 Å². The number of nitrogens with zero attached hydrogens (tertiary/aromatic N) is 2. The minimum atomic E-state index is -0.991. The van der Waals surface area contributed by atoms with E-state index in [1.807, 2.05) is 20.8 Å². The number of aryl methyl sites for hydroxylation is 1. The number of rotatable bonds is 1.